The summed E-state index contributed by atoms with van der Waals surface area (Å²) in [7, 11) is 0. The summed E-state index contributed by atoms with van der Waals surface area (Å²) in [6.45, 7) is 1.05. The van der Waals surface area contributed by atoms with Crippen molar-refractivity contribution in [1.82, 2.24) is 20.2 Å². The highest BCUT2D eigenvalue weighted by Gasteiger charge is 2.47. The molecule has 5 rings (SSSR count). The van der Waals surface area contributed by atoms with E-state index in [4.69, 9.17) is 9.25 Å². The molecule has 3 heterocycles. The van der Waals surface area contributed by atoms with E-state index in [2.05, 4.69) is 10.2 Å². The zero-order valence-electron chi connectivity index (χ0n) is 16.0. The fourth-order valence-corrected chi connectivity index (χ4v) is 4.38. The van der Waals surface area contributed by atoms with Gasteiger partial charge in [-0.2, -0.15) is 5.06 Å². The molecule has 0 radical (unpaired) electrons. The van der Waals surface area contributed by atoms with E-state index < -0.39 is 0 Å². The minimum atomic E-state index is -0.140. The number of nitrogens with zero attached hydrogens (tertiary/aromatic N) is 4. The Morgan fingerprint density at radius 1 is 1.11 bits per heavy atom. The molecule has 2 bridgehead atoms. The summed E-state index contributed by atoms with van der Waals surface area (Å²) in [4.78, 5) is 20.6. The van der Waals surface area contributed by atoms with Gasteiger partial charge in [-0.05, 0) is 30.7 Å². The molecule has 1 saturated carbocycles. The van der Waals surface area contributed by atoms with E-state index in [1.807, 2.05) is 35.2 Å². The van der Waals surface area contributed by atoms with Gasteiger partial charge in [0.2, 0.25) is 11.8 Å². The third-order valence-electron chi connectivity index (χ3n) is 6.29. The first kappa shape index (κ1) is 17.7. The third kappa shape index (κ3) is 3.39. The van der Waals surface area contributed by atoms with Crippen molar-refractivity contribution < 1.29 is 14.0 Å². The second kappa shape index (κ2) is 7.54. The number of carbonyl (C=O) groups excluding carboxylic acids is 1. The van der Waals surface area contributed by atoms with Crippen LogP contribution in [0, 0.1) is 5.92 Å². The van der Waals surface area contributed by atoms with Crippen LogP contribution < -0.4 is 0 Å². The minimum Gasteiger partial charge on any atom is -0.423 e. The fourth-order valence-electron chi connectivity index (χ4n) is 4.38. The number of amides is 2. The molecule has 28 heavy (non-hydrogen) atoms. The molecule has 2 atom stereocenters. The van der Waals surface area contributed by atoms with E-state index in [-0.39, 0.29) is 18.1 Å². The quantitative estimate of drug-likeness (QED) is 0.727. The van der Waals surface area contributed by atoms with Gasteiger partial charge >= 0.3 is 6.03 Å². The van der Waals surface area contributed by atoms with Gasteiger partial charge in [0, 0.05) is 13.0 Å². The van der Waals surface area contributed by atoms with Gasteiger partial charge in [0.1, 0.15) is 12.6 Å². The van der Waals surface area contributed by atoms with Crippen LogP contribution in [0.1, 0.15) is 61.9 Å². The Balaban J connectivity index is 1.21. The van der Waals surface area contributed by atoms with Crippen LogP contribution in [0.5, 0.6) is 0 Å². The molecule has 2 amide bonds. The molecule has 2 saturated heterocycles. The molecule has 0 unspecified atom stereocenters. The molecule has 0 N–H and O–H groups in total. The summed E-state index contributed by atoms with van der Waals surface area (Å²) in [5.74, 6) is 2.09. The second-order valence-electron chi connectivity index (χ2n) is 8.14. The van der Waals surface area contributed by atoms with Crippen LogP contribution in [0.3, 0.4) is 0 Å². The highest BCUT2D eigenvalue weighted by Crippen LogP contribution is 2.38. The molecule has 1 aromatic carbocycles. The molecule has 2 aliphatic heterocycles. The number of hydroxylamine groups is 2. The summed E-state index contributed by atoms with van der Waals surface area (Å²) in [5, 5.41) is 10.0. The first-order valence-corrected chi connectivity index (χ1v) is 10.4. The van der Waals surface area contributed by atoms with Crippen LogP contribution in [0.25, 0.3) is 0 Å². The number of hydrogen-bond acceptors (Lipinski definition) is 5. The maximum absolute atomic E-state index is 12.9. The Bertz CT molecular complexity index is 820. The number of carbonyl (C=O) groups is 1. The lowest BCUT2D eigenvalue weighted by atomic mass is 9.82. The van der Waals surface area contributed by atoms with Crippen LogP contribution in [0.15, 0.2) is 34.7 Å². The number of benzene rings is 1. The van der Waals surface area contributed by atoms with Crippen molar-refractivity contribution in [1.29, 1.82) is 0 Å². The monoisotopic (exact) mass is 382 g/mol. The Labute approximate surface area is 164 Å². The fraction of sp³-hybridized carbons (Fsp3) is 0.571. The smallest absolute Gasteiger partial charge is 0.345 e. The maximum atomic E-state index is 12.9. The van der Waals surface area contributed by atoms with E-state index in [0.29, 0.717) is 24.9 Å². The van der Waals surface area contributed by atoms with Crippen molar-refractivity contribution in [3.8, 4) is 0 Å². The van der Waals surface area contributed by atoms with Gasteiger partial charge in [-0.1, -0.05) is 49.6 Å². The molecule has 1 aliphatic carbocycles. The Kier molecular flexibility index (Phi) is 4.76. The number of aromatic nitrogens is 2. The lowest BCUT2D eigenvalue weighted by Crippen LogP contribution is -2.34. The molecular weight excluding hydrogens is 356 g/mol. The predicted molar refractivity (Wildman–Crippen MR) is 101 cm³/mol. The van der Waals surface area contributed by atoms with Crippen LogP contribution in [-0.4, -0.2) is 38.8 Å². The highest BCUT2D eigenvalue weighted by molar-refractivity contribution is 5.77. The van der Waals surface area contributed by atoms with Gasteiger partial charge in [0.25, 0.3) is 0 Å². The number of hydrogen-bond donors (Lipinski definition) is 0. The largest absolute Gasteiger partial charge is 0.423 e. The van der Waals surface area contributed by atoms with Crippen molar-refractivity contribution in [3.63, 3.8) is 0 Å². The van der Waals surface area contributed by atoms with Gasteiger partial charge in [0.15, 0.2) is 0 Å². The van der Waals surface area contributed by atoms with Crippen LogP contribution in [-0.2, 0) is 17.9 Å². The molecule has 7 nitrogen and oxygen atoms in total. The number of urea groups is 1. The average molecular weight is 382 g/mol. The third-order valence-corrected chi connectivity index (χ3v) is 6.29. The molecule has 1 aromatic heterocycles. The highest BCUT2D eigenvalue weighted by atomic mass is 16.7. The van der Waals surface area contributed by atoms with E-state index >= 15 is 0 Å². The van der Waals surface area contributed by atoms with Crippen molar-refractivity contribution in [3.05, 3.63) is 47.7 Å². The van der Waals surface area contributed by atoms with E-state index in [1.165, 1.54) is 19.3 Å². The Morgan fingerprint density at radius 2 is 1.96 bits per heavy atom. The molecule has 0 spiro atoms. The number of fused-ring (bicyclic) bond motifs is 2. The standard InChI is InChI=1S/C21H26N4O3/c26-21-24-13-17(25(21)27-14-16-5-2-1-3-6-16)10-11-18(24)20-23-22-19(28-20)12-9-15-7-4-8-15/h1-3,5-6,15,17-18H,4,7-14H2/t17-,18+/m1/s1. The zero-order valence-corrected chi connectivity index (χ0v) is 16.0. The van der Waals surface area contributed by atoms with E-state index in [0.717, 1.165) is 37.2 Å². The second-order valence-corrected chi connectivity index (χ2v) is 8.14. The van der Waals surface area contributed by atoms with Crippen LogP contribution in [0.4, 0.5) is 4.79 Å². The van der Waals surface area contributed by atoms with Crippen LogP contribution in [0.2, 0.25) is 0 Å². The molecule has 3 fully saturated rings. The summed E-state index contributed by atoms with van der Waals surface area (Å²) in [6.07, 6.45) is 7.67. The van der Waals surface area contributed by atoms with Gasteiger partial charge in [-0.3, -0.25) is 4.84 Å². The van der Waals surface area contributed by atoms with Gasteiger partial charge in [-0.15, -0.1) is 10.2 Å². The van der Waals surface area contributed by atoms with Gasteiger partial charge in [-0.25, -0.2) is 4.79 Å². The maximum Gasteiger partial charge on any atom is 0.345 e. The van der Waals surface area contributed by atoms with E-state index in [9.17, 15) is 4.79 Å². The molecule has 2 aromatic rings. The van der Waals surface area contributed by atoms with Gasteiger partial charge < -0.3 is 9.32 Å². The minimum absolute atomic E-state index is 0.0912. The average Bonchev–Trinajstić information content (AvgIpc) is 3.24. The van der Waals surface area contributed by atoms with Crippen molar-refractivity contribution in [2.24, 2.45) is 5.92 Å². The summed E-state index contributed by atoms with van der Waals surface area (Å²) in [6, 6.07) is 9.77. The number of rotatable bonds is 7. The first-order valence-electron chi connectivity index (χ1n) is 10.4. The van der Waals surface area contributed by atoms with Crippen molar-refractivity contribution in [2.75, 3.05) is 6.54 Å². The topological polar surface area (TPSA) is 71.7 Å². The number of piperidine rings is 1. The zero-order chi connectivity index (χ0) is 18.9. The summed E-state index contributed by atoms with van der Waals surface area (Å²) >= 11 is 0. The Hall–Kier alpha value is -2.41. The molecular formula is C21H26N4O3. The molecule has 3 aliphatic rings. The van der Waals surface area contributed by atoms with Crippen molar-refractivity contribution in [2.45, 2.75) is 63.6 Å². The first-order chi connectivity index (χ1) is 13.8. The lowest BCUT2D eigenvalue weighted by molar-refractivity contribution is -0.140. The normalized spacial score (nSPS) is 24.6. The van der Waals surface area contributed by atoms with E-state index in [1.54, 1.807) is 5.06 Å². The van der Waals surface area contributed by atoms with Crippen molar-refractivity contribution >= 4 is 6.03 Å². The van der Waals surface area contributed by atoms with Crippen LogP contribution >= 0.6 is 0 Å². The summed E-state index contributed by atoms with van der Waals surface area (Å²) < 4.78 is 5.93. The molecule has 7 heteroatoms. The Morgan fingerprint density at radius 3 is 2.75 bits per heavy atom. The summed E-state index contributed by atoms with van der Waals surface area (Å²) in [5.41, 5.74) is 1.05. The predicted octanol–water partition coefficient (Wildman–Crippen LogP) is 3.88. The van der Waals surface area contributed by atoms with Gasteiger partial charge in [0.05, 0.1) is 6.04 Å². The molecule has 148 valence electrons. The number of aryl methyl sites for hydroxylation is 1. The lowest BCUT2D eigenvalue weighted by Gasteiger charge is -2.27. The SMILES string of the molecule is O=C1N2C[C@@H](CC[C@H]2c2nnc(CCC3CCC3)o2)N1OCc1ccccc1.